The molecule has 0 aliphatic carbocycles. The van der Waals surface area contributed by atoms with Crippen molar-refractivity contribution in [2.75, 3.05) is 13.2 Å². The van der Waals surface area contributed by atoms with Crippen LogP contribution < -0.4 is 0 Å². The van der Waals surface area contributed by atoms with E-state index in [0.29, 0.717) is 26.1 Å². The van der Waals surface area contributed by atoms with Gasteiger partial charge in [0.25, 0.3) is 5.91 Å². The first-order chi connectivity index (χ1) is 15.2. The quantitative estimate of drug-likeness (QED) is 0.487. The molecular formula is C25H23N3O3. The molecule has 31 heavy (non-hydrogen) atoms. The third kappa shape index (κ3) is 4.67. The van der Waals surface area contributed by atoms with Gasteiger partial charge in [-0.25, -0.2) is 4.79 Å². The number of carbonyl (C=O) groups is 2. The Morgan fingerprint density at radius 2 is 1.77 bits per heavy atom. The minimum absolute atomic E-state index is 0.264. The highest BCUT2D eigenvalue weighted by Gasteiger charge is 2.30. The maximum Gasteiger partial charge on any atom is 0.359 e. The predicted molar refractivity (Wildman–Crippen MR) is 116 cm³/mol. The lowest BCUT2D eigenvalue weighted by Crippen LogP contribution is -2.36. The van der Waals surface area contributed by atoms with Crippen LogP contribution >= 0.6 is 0 Å². The standard InChI is InChI=1S/C25H23N3O3/c1-2-31-25(30)24-21-18-27(23(29)14-13-19-9-5-3-6-10-19)16-15-22(21)28(26-24)17-20-11-7-4-8-12-20/h3-12H,2,15-18H2,1H3. The summed E-state index contributed by atoms with van der Waals surface area (Å²) >= 11 is 0. The second-order valence-electron chi connectivity index (χ2n) is 7.23. The van der Waals surface area contributed by atoms with Crippen molar-refractivity contribution >= 4 is 11.9 Å². The lowest BCUT2D eigenvalue weighted by molar-refractivity contribution is -0.126. The molecule has 156 valence electrons. The van der Waals surface area contributed by atoms with Gasteiger partial charge in [-0.2, -0.15) is 5.10 Å². The fourth-order valence-corrected chi connectivity index (χ4v) is 3.64. The molecule has 1 aliphatic rings. The van der Waals surface area contributed by atoms with Crippen LogP contribution in [-0.4, -0.2) is 39.7 Å². The summed E-state index contributed by atoms with van der Waals surface area (Å²) in [6.07, 6.45) is 0.604. The number of hydrogen-bond donors (Lipinski definition) is 0. The summed E-state index contributed by atoms with van der Waals surface area (Å²) in [6.45, 7) is 3.41. The number of esters is 1. The van der Waals surface area contributed by atoms with Crippen LogP contribution in [0.1, 0.15) is 39.8 Å². The Morgan fingerprint density at radius 3 is 2.48 bits per heavy atom. The van der Waals surface area contributed by atoms with Crippen LogP contribution in [0.5, 0.6) is 0 Å². The highest BCUT2D eigenvalue weighted by Crippen LogP contribution is 2.24. The Balaban J connectivity index is 1.60. The van der Waals surface area contributed by atoms with E-state index < -0.39 is 5.97 Å². The molecule has 1 amide bonds. The zero-order valence-corrected chi connectivity index (χ0v) is 17.4. The van der Waals surface area contributed by atoms with Crippen molar-refractivity contribution in [3.05, 3.63) is 88.7 Å². The summed E-state index contributed by atoms with van der Waals surface area (Å²) in [4.78, 5) is 26.9. The molecule has 0 saturated carbocycles. The molecule has 1 aromatic heterocycles. The fourth-order valence-electron chi connectivity index (χ4n) is 3.64. The first kappa shape index (κ1) is 20.4. The van der Waals surface area contributed by atoms with E-state index in [1.54, 1.807) is 11.8 Å². The molecule has 6 nitrogen and oxygen atoms in total. The number of benzene rings is 2. The Hall–Kier alpha value is -3.85. The van der Waals surface area contributed by atoms with Gasteiger partial charge in [0.2, 0.25) is 0 Å². The van der Waals surface area contributed by atoms with Crippen LogP contribution in [-0.2, 0) is 29.0 Å². The third-order valence-electron chi connectivity index (χ3n) is 5.15. The third-order valence-corrected chi connectivity index (χ3v) is 5.15. The fraction of sp³-hybridized carbons (Fsp3) is 0.240. The second-order valence-corrected chi connectivity index (χ2v) is 7.23. The summed E-state index contributed by atoms with van der Waals surface area (Å²) in [6, 6.07) is 19.4. The highest BCUT2D eigenvalue weighted by atomic mass is 16.5. The number of ether oxygens (including phenoxy) is 1. The van der Waals surface area contributed by atoms with Crippen LogP contribution in [0.3, 0.4) is 0 Å². The van der Waals surface area contributed by atoms with Crippen molar-refractivity contribution < 1.29 is 14.3 Å². The number of carbonyl (C=O) groups excluding carboxylic acids is 2. The lowest BCUT2D eigenvalue weighted by Gasteiger charge is -2.26. The molecule has 0 fully saturated rings. The zero-order valence-electron chi connectivity index (χ0n) is 17.4. The molecule has 0 atom stereocenters. The Labute approximate surface area is 181 Å². The summed E-state index contributed by atoms with van der Waals surface area (Å²) in [5.74, 6) is 4.89. The number of aromatic nitrogens is 2. The normalized spacial score (nSPS) is 12.5. The molecule has 4 rings (SSSR count). The van der Waals surface area contributed by atoms with Gasteiger partial charge in [-0.15, -0.1) is 0 Å². The van der Waals surface area contributed by atoms with Gasteiger partial charge in [-0.3, -0.25) is 9.48 Å². The maximum atomic E-state index is 12.7. The molecule has 2 aromatic carbocycles. The summed E-state index contributed by atoms with van der Waals surface area (Å²) in [5.41, 5.74) is 3.87. The van der Waals surface area contributed by atoms with Crippen LogP contribution in [0.4, 0.5) is 0 Å². The van der Waals surface area contributed by atoms with E-state index in [1.165, 1.54) is 0 Å². The Bertz CT molecular complexity index is 1140. The van der Waals surface area contributed by atoms with E-state index in [2.05, 4.69) is 16.9 Å². The summed E-state index contributed by atoms with van der Waals surface area (Å²) in [5, 5.41) is 4.56. The van der Waals surface area contributed by atoms with Crippen LogP contribution in [0.2, 0.25) is 0 Å². The molecule has 0 saturated heterocycles. The van der Waals surface area contributed by atoms with Crippen molar-refractivity contribution in [1.29, 1.82) is 0 Å². The van der Waals surface area contributed by atoms with E-state index >= 15 is 0 Å². The average molecular weight is 413 g/mol. The molecule has 2 heterocycles. The van der Waals surface area contributed by atoms with Gasteiger partial charge in [0, 0.05) is 35.7 Å². The van der Waals surface area contributed by atoms with Gasteiger partial charge in [-0.1, -0.05) is 54.5 Å². The molecule has 0 radical (unpaired) electrons. The number of hydrogen-bond acceptors (Lipinski definition) is 4. The number of fused-ring (bicyclic) bond motifs is 1. The predicted octanol–water partition coefficient (Wildman–Crippen LogP) is 3.04. The molecule has 3 aromatic rings. The first-order valence-corrected chi connectivity index (χ1v) is 10.3. The monoisotopic (exact) mass is 413 g/mol. The SMILES string of the molecule is CCOC(=O)c1nn(Cc2ccccc2)c2c1CN(C(=O)C#Cc1ccccc1)CC2. The van der Waals surface area contributed by atoms with Gasteiger partial charge < -0.3 is 9.64 Å². The number of amides is 1. The molecule has 0 N–H and O–H groups in total. The van der Waals surface area contributed by atoms with E-state index in [-0.39, 0.29) is 18.2 Å². The first-order valence-electron chi connectivity index (χ1n) is 10.3. The topological polar surface area (TPSA) is 64.4 Å². The minimum Gasteiger partial charge on any atom is -0.461 e. The van der Waals surface area contributed by atoms with Crippen LogP contribution in [0.25, 0.3) is 0 Å². The van der Waals surface area contributed by atoms with Crippen molar-refractivity contribution in [3.63, 3.8) is 0 Å². The van der Waals surface area contributed by atoms with Gasteiger partial charge in [0.1, 0.15) is 0 Å². The molecule has 0 spiro atoms. The molecule has 1 aliphatic heterocycles. The van der Waals surface area contributed by atoms with Gasteiger partial charge in [-0.05, 0) is 24.6 Å². The van der Waals surface area contributed by atoms with Gasteiger partial charge in [0.15, 0.2) is 5.69 Å². The Kier molecular flexibility index (Phi) is 6.13. The molecule has 0 bridgehead atoms. The molecule has 0 unspecified atom stereocenters. The van der Waals surface area contributed by atoms with E-state index in [0.717, 1.165) is 22.4 Å². The smallest absolute Gasteiger partial charge is 0.359 e. The highest BCUT2D eigenvalue weighted by molar-refractivity contribution is 5.95. The van der Waals surface area contributed by atoms with Crippen LogP contribution in [0, 0.1) is 11.8 Å². The average Bonchev–Trinajstić information content (AvgIpc) is 3.16. The second kappa shape index (κ2) is 9.31. The van der Waals surface area contributed by atoms with Crippen molar-refractivity contribution in [2.24, 2.45) is 0 Å². The van der Waals surface area contributed by atoms with Crippen LogP contribution in [0.15, 0.2) is 60.7 Å². The summed E-state index contributed by atoms with van der Waals surface area (Å²) < 4.78 is 7.07. The Morgan fingerprint density at radius 1 is 1.06 bits per heavy atom. The van der Waals surface area contributed by atoms with Crippen molar-refractivity contribution in [1.82, 2.24) is 14.7 Å². The van der Waals surface area contributed by atoms with Crippen molar-refractivity contribution in [3.8, 4) is 11.8 Å². The van der Waals surface area contributed by atoms with E-state index in [4.69, 9.17) is 4.74 Å². The lowest BCUT2D eigenvalue weighted by atomic mass is 10.0. The molecular weight excluding hydrogens is 390 g/mol. The zero-order chi connectivity index (χ0) is 21.6. The minimum atomic E-state index is -0.463. The number of nitrogens with zero attached hydrogens (tertiary/aromatic N) is 3. The van der Waals surface area contributed by atoms with E-state index in [1.807, 2.05) is 65.3 Å². The van der Waals surface area contributed by atoms with Crippen molar-refractivity contribution in [2.45, 2.75) is 26.4 Å². The van der Waals surface area contributed by atoms with Gasteiger partial charge >= 0.3 is 5.97 Å². The molecule has 6 heteroatoms. The van der Waals surface area contributed by atoms with Gasteiger partial charge in [0.05, 0.1) is 19.7 Å². The largest absolute Gasteiger partial charge is 0.461 e. The summed E-state index contributed by atoms with van der Waals surface area (Å²) in [7, 11) is 0. The maximum absolute atomic E-state index is 12.7. The van der Waals surface area contributed by atoms with E-state index in [9.17, 15) is 9.59 Å². The number of rotatable bonds is 4.